The first-order valence-electron chi connectivity index (χ1n) is 6.77. The fraction of sp³-hybridized carbons (Fsp3) is 0.625. The van der Waals surface area contributed by atoms with E-state index < -0.39 is 11.0 Å². The van der Waals surface area contributed by atoms with Gasteiger partial charge in [0.05, 0.1) is 5.60 Å². The zero-order chi connectivity index (χ0) is 14.7. The molecule has 1 atom stereocenters. The van der Waals surface area contributed by atoms with E-state index in [1.54, 1.807) is 20.2 Å². The summed E-state index contributed by atoms with van der Waals surface area (Å²) in [4.78, 5) is 16.2. The summed E-state index contributed by atoms with van der Waals surface area (Å²) in [6.07, 6.45) is 3.26. The Kier molecular flexibility index (Phi) is 4.86. The number of ketones is 1. The molecule has 19 heavy (non-hydrogen) atoms. The van der Waals surface area contributed by atoms with Crippen LogP contribution in [0.1, 0.15) is 51.8 Å². The van der Waals surface area contributed by atoms with Gasteiger partial charge in [0.1, 0.15) is 5.78 Å². The van der Waals surface area contributed by atoms with Gasteiger partial charge in [-0.05, 0) is 32.8 Å². The van der Waals surface area contributed by atoms with Crippen molar-refractivity contribution in [2.45, 2.75) is 53.1 Å². The number of methoxy groups -OCH3 is 1. The molecule has 1 unspecified atom stereocenters. The average molecular weight is 263 g/mol. The summed E-state index contributed by atoms with van der Waals surface area (Å²) in [5.74, 6) is 0.184. The number of carbonyl (C=O) groups is 1. The highest BCUT2D eigenvalue weighted by atomic mass is 16.5. The van der Waals surface area contributed by atoms with Crippen LogP contribution in [-0.4, -0.2) is 17.9 Å². The molecule has 0 bridgehead atoms. The molecular formula is C16H25NO2. The molecule has 0 saturated heterocycles. The lowest BCUT2D eigenvalue weighted by atomic mass is 9.73. The highest BCUT2D eigenvalue weighted by molar-refractivity contribution is 5.81. The number of aryl methyl sites for hydroxylation is 1. The van der Waals surface area contributed by atoms with Gasteiger partial charge < -0.3 is 4.74 Å². The SMILES string of the molecule is CCC(CC(C)(C)C(C)=O)(OC)c1cccnc1C. The van der Waals surface area contributed by atoms with E-state index in [2.05, 4.69) is 11.9 Å². The second kappa shape index (κ2) is 5.83. The quantitative estimate of drug-likeness (QED) is 0.786. The minimum atomic E-state index is -0.451. The maximum atomic E-state index is 11.8. The van der Waals surface area contributed by atoms with Gasteiger partial charge in [-0.3, -0.25) is 9.78 Å². The minimum absolute atomic E-state index is 0.184. The van der Waals surface area contributed by atoms with E-state index >= 15 is 0 Å². The molecule has 1 heterocycles. The lowest BCUT2D eigenvalue weighted by Gasteiger charge is -2.38. The number of nitrogens with zero attached hydrogens (tertiary/aromatic N) is 1. The lowest BCUT2D eigenvalue weighted by molar-refractivity contribution is -0.130. The largest absolute Gasteiger partial charge is 0.373 e. The molecular weight excluding hydrogens is 238 g/mol. The Morgan fingerprint density at radius 2 is 2.05 bits per heavy atom. The Labute approximate surface area is 116 Å². The van der Waals surface area contributed by atoms with Gasteiger partial charge in [0.25, 0.3) is 0 Å². The average Bonchev–Trinajstić information content (AvgIpc) is 2.36. The molecule has 3 nitrogen and oxygen atoms in total. The molecule has 1 rings (SSSR count). The molecule has 3 heteroatoms. The number of rotatable bonds is 6. The second-order valence-corrected chi connectivity index (χ2v) is 5.81. The van der Waals surface area contributed by atoms with Crippen molar-refractivity contribution in [2.24, 2.45) is 5.41 Å². The summed E-state index contributed by atoms with van der Waals surface area (Å²) in [5.41, 5.74) is 1.18. The monoisotopic (exact) mass is 263 g/mol. The smallest absolute Gasteiger partial charge is 0.135 e. The zero-order valence-corrected chi connectivity index (χ0v) is 12.9. The number of hydrogen-bond acceptors (Lipinski definition) is 3. The summed E-state index contributed by atoms with van der Waals surface area (Å²) < 4.78 is 5.85. The van der Waals surface area contributed by atoms with Crippen molar-refractivity contribution >= 4 is 5.78 Å². The van der Waals surface area contributed by atoms with E-state index in [0.29, 0.717) is 6.42 Å². The second-order valence-electron chi connectivity index (χ2n) is 5.81. The maximum absolute atomic E-state index is 11.8. The molecule has 0 aliphatic heterocycles. The van der Waals surface area contributed by atoms with Gasteiger partial charge >= 0.3 is 0 Å². The van der Waals surface area contributed by atoms with Gasteiger partial charge in [0.15, 0.2) is 0 Å². The fourth-order valence-electron chi connectivity index (χ4n) is 2.54. The number of ether oxygens (including phenoxy) is 1. The van der Waals surface area contributed by atoms with E-state index in [1.807, 2.05) is 32.9 Å². The van der Waals surface area contributed by atoms with Crippen LogP contribution in [0, 0.1) is 12.3 Å². The Hall–Kier alpha value is -1.22. The molecule has 0 N–H and O–H groups in total. The van der Waals surface area contributed by atoms with Crippen molar-refractivity contribution in [3.63, 3.8) is 0 Å². The first-order chi connectivity index (χ1) is 8.79. The van der Waals surface area contributed by atoms with E-state index in [9.17, 15) is 4.79 Å². The van der Waals surface area contributed by atoms with Gasteiger partial charge in [-0.1, -0.05) is 26.8 Å². The van der Waals surface area contributed by atoms with Gasteiger partial charge in [0, 0.05) is 30.0 Å². The Bertz CT molecular complexity index is 448. The zero-order valence-electron chi connectivity index (χ0n) is 12.9. The van der Waals surface area contributed by atoms with Crippen molar-refractivity contribution in [2.75, 3.05) is 7.11 Å². The summed E-state index contributed by atoms with van der Waals surface area (Å²) >= 11 is 0. The van der Waals surface area contributed by atoms with Crippen LogP contribution in [0.2, 0.25) is 0 Å². The molecule has 1 aromatic heterocycles. The van der Waals surface area contributed by atoms with Crippen LogP contribution in [0.3, 0.4) is 0 Å². The standard InChI is InChI=1S/C16H25NO2/c1-7-16(19-6,11-15(4,5)13(3)18)14-9-8-10-17-12(14)2/h8-10H,7,11H2,1-6H3. The third kappa shape index (κ3) is 3.21. The molecule has 0 radical (unpaired) electrons. The third-order valence-electron chi connectivity index (χ3n) is 4.14. The van der Waals surface area contributed by atoms with Crippen LogP contribution in [-0.2, 0) is 15.1 Å². The topological polar surface area (TPSA) is 39.2 Å². The first kappa shape index (κ1) is 15.8. The van der Waals surface area contributed by atoms with Crippen LogP contribution < -0.4 is 0 Å². The van der Waals surface area contributed by atoms with Crippen molar-refractivity contribution in [3.8, 4) is 0 Å². The number of hydrogen-bond donors (Lipinski definition) is 0. The van der Waals surface area contributed by atoms with Gasteiger partial charge in [-0.2, -0.15) is 0 Å². The molecule has 0 aliphatic carbocycles. The summed E-state index contributed by atoms with van der Waals surface area (Å²) in [6.45, 7) is 9.67. The van der Waals surface area contributed by atoms with Crippen molar-refractivity contribution < 1.29 is 9.53 Å². The molecule has 106 valence electrons. The molecule has 0 aliphatic rings. The molecule has 0 amide bonds. The van der Waals surface area contributed by atoms with Crippen LogP contribution in [0.25, 0.3) is 0 Å². The van der Waals surface area contributed by atoms with Crippen molar-refractivity contribution in [1.29, 1.82) is 0 Å². The lowest BCUT2D eigenvalue weighted by Crippen LogP contribution is -2.37. The third-order valence-corrected chi connectivity index (χ3v) is 4.14. The Balaban J connectivity index is 3.26. The fourth-order valence-corrected chi connectivity index (χ4v) is 2.54. The van der Waals surface area contributed by atoms with Gasteiger partial charge in [-0.25, -0.2) is 0 Å². The van der Waals surface area contributed by atoms with Crippen LogP contribution >= 0.6 is 0 Å². The maximum Gasteiger partial charge on any atom is 0.135 e. The molecule has 1 aromatic rings. The Morgan fingerprint density at radius 1 is 1.42 bits per heavy atom. The number of aromatic nitrogens is 1. The normalized spacial score (nSPS) is 15.1. The number of pyridine rings is 1. The van der Waals surface area contributed by atoms with Gasteiger partial charge in [-0.15, -0.1) is 0 Å². The van der Waals surface area contributed by atoms with Gasteiger partial charge in [0.2, 0.25) is 0 Å². The number of carbonyl (C=O) groups excluding carboxylic acids is 1. The minimum Gasteiger partial charge on any atom is -0.373 e. The van der Waals surface area contributed by atoms with E-state index in [0.717, 1.165) is 17.7 Å². The van der Waals surface area contributed by atoms with Crippen LogP contribution in [0.4, 0.5) is 0 Å². The predicted molar refractivity (Wildman–Crippen MR) is 77.0 cm³/mol. The van der Waals surface area contributed by atoms with E-state index in [-0.39, 0.29) is 5.78 Å². The molecule has 0 spiro atoms. The summed E-state index contributed by atoms with van der Waals surface area (Å²) in [7, 11) is 1.71. The molecule has 0 saturated carbocycles. The Morgan fingerprint density at radius 3 is 2.47 bits per heavy atom. The highest BCUT2D eigenvalue weighted by Crippen LogP contribution is 2.41. The molecule has 0 fully saturated rings. The highest BCUT2D eigenvalue weighted by Gasteiger charge is 2.40. The van der Waals surface area contributed by atoms with Crippen LogP contribution in [0.5, 0.6) is 0 Å². The van der Waals surface area contributed by atoms with Crippen LogP contribution in [0.15, 0.2) is 18.3 Å². The summed E-state index contributed by atoms with van der Waals surface area (Å²) in [6, 6.07) is 3.97. The number of Topliss-reactive ketones (excluding diaryl/α,β-unsaturated/α-hetero) is 1. The summed E-state index contributed by atoms with van der Waals surface area (Å²) in [5, 5.41) is 0. The predicted octanol–water partition coefficient (Wildman–Crippen LogP) is 3.65. The van der Waals surface area contributed by atoms with E-state index in [1.165, 1.54) is 0 Å². The van der Waals surface area contributed by atoms with Crippen molar-refractivity contribution in [1.82, 2.24) is 4.98 Å². The molecule has 0 aromatic carbocycles. The van der Waals surface area contributed by atoms with E-state index in [4.69, 9.17) is 4.74 Å². The first-order valence-corrected chi connectivity index (χ1v) is 6.77. The van der Waals surface area contributed by atoms with Crippen molar-refractivity contribution in [3.05, 3.63) is 29.6 Å².